The molecule has 1 aromatic heterocycles. The Labute approximate surface area is 216 Å². The van der Waals surface area contributed by atoms with Crippen molar-refractivity contribution in [2.45, 2.75) is 42.6 Å². The van der Waals surface area contributed by atoms with Gasteiger partial charge in [0.05, 0.1) is 11.5 Å². The average molecular weight is 498 g/mol. The van der Waals surface area contributed by atoms with Crippen molar-refractivity contribution in [1.82, 2.24) is 15.5 Å². The summed E-state index contributed by atoms with van der Waals surface area (Å²) in [6, 6.07) is 29.8. The second-order valence-corrected chi connectivity index (χ2v) is 9.68. The van der Waals surface area contributed by atoms with E-state index in [2.05, 4.69) is 27.6 Å². The lowest BCUT2D eigenvalue weighted by Gasteiger charge is -2.43. The molecule has 190 valence electrons. The second kappa shape index (κ2) is 10.7. The van der Waals surface area contributed by atoms with E-state index in [4.69, 9.17) is 4.42 Å². The SMILES string of the molecule is O=C(O)c1nnc(C(CCC(O)C2(c3ccccc3)CCNCC2)(c2ccccc2)c2ccccc2)o1. The molecule has 3 aromatic carbocycles. The molecule has 1 atom stereocenters. The minimum atomic E-state index is -1.27. The van der Waals surface area contributed by atoms with Crippen molar-refractivity contribution in [2.75, 3.05) is 13.1 Å². The molecule has 1 fully saturated rings. The number of aromatic carboxylic acids is 1. The van der Waals surface area contributed by atoms with Gasteiger partial charge >= 0.3 is 11.9 Å². The molecule has 7 heteroatoms. The molecule has 1 aliphatic rings. The number of aromatic nitrogens is 2. The Balaban J connectivity index is 1.60. The minimum Gasteiger partial charge on any atom is -0.474 e. The monoisotopic (exact) mass is 497 g/mol. The van der Waals surface area contributed by atoms with Gasteiger partial charge in [-0.2, -0.15) is 0 Å². The molecular formula is C30H31N3O4. The summed E-state index contributed by atoms with van der Waals surface area (Å²) >= 11 is 0. The zero-order valence-corrected chi connectivity index (χ0v) is 20.6. The number of hydrogen-bond donors (Lipinski definition) is 3. The molecule has 5 rings (SSSR count). The van der Waals surface area contributed by atoms with Gasteiger partial charge in [0.2, 0.25) is 5.89 Å². The van der Waals surface area contributed by atoms with E-state index in [1.807, 2.05) is 78.9 Å². The van der Waals surface area contributed by atoms with E-state index in [1.165, 1.54) is 0 Å². The van der Waals surface area contributed by atoms with E-state index in [9.17, 15) is 15.0 Å². The lowest BCUT2D eigenvalue weighted by atomic mass is 9.65. The van der Waals surface area contributed by atoms with Gasteiger partial charge in [0.15, 0.2) is 0 Å². The number of nitrogens with one attached hydrogen (secondary N) is 1. The molecule has 0 aliphatic carbocycles. The summed E-state index contributed by atoms with van der Waals surface area (Å²) in [6.07, 6.45) is 1.91. The number of aliphatic hydroxyl groups is 1. The van der Waals surface area contributed by atoms with Crippen molar-refractivity contribution in [2.24, 2.45) is 0 Å². The van der Waals surface area contributed by atoms with Crippen LogP contribution >= 0.6 is 0 Å². The van der Waals surface area contributed by atoms with Gasteiger partial charge in [-0.05, 0) is 55.5 Å². The van der Waals surface area contributed by atoms with Crippen molar-refractivity contribution in [3.63, 3.8) is 0 Å². The van der Waals surface area contributed by atoms with Crippen LogP contribution in [0.4, 0.5) is 0 Å². The van der Waals surface area contributed by atoms with Crippen molar-refractivity contribution in [3.05, 3.63) is 119 Å². The van der Waals surface area contributed by atoms with Crippen LogP contribution in [0.2, 0.25) is 0 Å². The quantitative estimate of drug-likeness (QED) is 0.311. The fraction of sp³-hybridized carbons (Fsp3) is 0.300. The molecule has 1 unspecified atom stereocenters. The number of rotatable bonds is 9. The van der Waals surface area contributed by atoms with Crippen molar-refractivity contribution >= 4 is 5.97 Å². The van der Waals surface area contributed by atoms with Crippen LogP contribution in [0.3, 0.4) is 0 Å². The van der Waals surface area contributed by atoms with Crippen LogP contribution in [0.1, 0.15) is 58.9 Å². The lowest BCUT2D eigenvalue weighted by molar-refractivity contribution is 0.0457. The van der Waals surface area contributed by atoms with Crippen molar-refractivity contribution < 1.29 is 19.4 Å². The Morgan fingerprint density at radius 2 is 1.43 bits per heavy atom. The third kappa shape index (κ3) is 4.68. The van der Waals surface area contributed by atoms with Crippen LogP contribution in [0.5, 0.6) is 0 Å². The molecule has 1 saturated heterocycles. The number of carbonyl (C=O) groups is 1. The second-order valence-electron chi connectivity index (χ2n) is 9.68. The fourth-order valence-corrected chi connectivity index (χ4v) is 5.82. The summed E-state index contributed by atoms with van der Waals surface area (Å²) in [5.74, 6) is -1.52. The number of carboxylic acids is 1. The summed E-state index contributed by atoms with van der Waals surface area (Å²) in [5, 5.41) is 32.9. The maximum absolute atomic E-state index is 11.9. The van der Waals surface area contributed by atoms with Gasteiger partial charge in [-0.15, -0.1) is 10.2 Å². The standard InChI is InChI=1S/C30H31N3O4/c34-25(29(18-20-31-21-19-29)22-10-4-1-5-11-22)16-17-30(23-12-6-2-7-13-23,24-14-8-3-9-15-24)28-33-32-26(37-28)27(35)36/h1-15,25,31,34H,16-21H2,(H,35,36). The summed E-state index contributed by atoms with van der Waals surface area (Å²) < 4.78 is 5.79. The highest BCUT2D eigenvalue weighted by Gasteiger charge is 2.46. The summed E-state index contributed by atoms with van der Waals surface area (Å²) in [7, 11) is 0. The molecule has 37 heavy (non-hydrogen) atoms. The summed E-state index contributed by atoms with van der Waals surface area (Å²) in [6.45, 7) is 1.67. The Hall–Kier alpha value is -3.81. The molecule has 0 spiro atoms. The van der Waals surface area contributed by atoms with Crippen LogP contribution < -0.4 is 5.32 Å². The first-order valence-corrected chi connectivity index (χ1v) is 12.7. The van der Waals surface area contributed by atoms with Crippen molar-refractivity contribution in [3.8, 4) is 0 Å². The molecule has 0 radical (unpaired) electrons. The maximum Gasteiger partial charge on any atom is 0.393 e. The largest absolute Gasteiger partial charge is 0.474 e. The van der Waals surface area contributed by atoms with E-state index < -0.39 is 23.4 Å². The highest BCUT2D eigenvalue weighted by Crippen LogP contribution is 2.45. The van der Waals surface area contributed by atoms with Crippen LogP contribution in [0.15, 0.2) is 95.4 Å². The number of hydrogen-bond acceptors (Lipinski definition) is 6. The molecule has 4 aromatic rings. The summed E-state index contributed by atoms with van der Waals surface area (Å²) in [4.78, 5) is 11.6. The smallest absolute Gasteiger partial charge is 0.393 e. The Kier molecular flexibility index (Phi) is 7.17. The van der Waals surface area contributed by atoms with Crippen LogP contribution in [0.25, 0.3) is 0 Å². The highest BCUT2D eigenvalue weighted by atomic mass is 16.4. The average Bonchev–Trinajstić information content (AvgIpc) is 3.47. The first kappa shape index (κ1) is 24.9. The number of nitrogens with zero attached hydrogens (tertiary/aromatic N) is 2. The van der Waals surface area contributed by atoms with E-state index in [0.29, 0.717) is 12.8 Å². The number of carboxylic acid groups (broad SMARTS) is 1. The number of benzene rings is 3. The Morgan fingerprint density at radius 1 is 0.892 bits per heavy atom. The Bertz CT molecular complexity index is 1260. The van der Waals surface area contributed by atoms with E-state index in [1.54, 1.807) is 0 Å². The topological polar surface area (TPSA) is 108 Å². The van der Waals surface area contributed by atoms with E-state index in [0.717, 1.165) is 42.6 Å². The molecule has 7 nitrogen and oxygen atoms in total. The zero-order valence-electron chi connectivity index (χ0n) is 20.6. The van der Waals surface area contributed by atoms with Gasteiger partial charge in [-0.3, -0.25) is 0 Å². The molecule has 0 saturated carbocycles. The third-order valence-corrected chi connectivity index (χ3v) is 7.78. The van der Waals surface area contributed by atoms with Crippen molar-refractivity contribution in [1.29, 1.82) is 0 Å². The molecule has 0 amide bonds. The highest BCUT2D eigenvalue weighted by molar-refractivity contribution is 5.81. The molecular weight excluding hydrogens is 466 g/mol. The van der Waals surface area contributed by atoms with Crippen LogP contribution in [0, 0.1) is 0 Å². The molecule has 1 aliphatic heterocycles. The first-order chi connectivity index (χ1) is 18.1. The zero-order chi connectivity index (χ0) is 25.7. The van der Waals surface area contributed by atoms with Gasteiger partial charge in [0, 0.05) is 5.41 Å². The maximum atomic E-state index is 11.9. The van der Waals surface area contributed by atoms with E-state index in [-0.39, 0.29) is 11.3 Å². The molecule has 3 N–H and O–H groups in total. The predicted octanol–water partition coefficient (Wildman–Crippen LogP) is 4.56. The molecule has 0 bridgehead atoms. The molecule has 2 heterocycles. The van der Waals surface area contributed by atoms with Crippen LogP contribution in [-0.2, 0) is 10.8 Å². The van der Waals surface area contributed by atoms with Gasteiger partial charge in [0.1, 0.15) is 0 Å². The van der Waals surface area contributed by atoms with E-state index >= 15 is 0 Å². The Morgan fingerprint density at radius 3 is 1.95 bits per heavy atom. The number of piperidine rings is 1. The van der Waals surface area contributed by atoms with Gasteiger partial charge in [-0.1, -0.05) is 91.0 Å². The third-order valence-electron chi connectivity index (χ3n) is 7.78. The lowest BCUT2D eigenvalue weighted by Crippen LogP contribution is -2.48. The predicted molar refractivity (Wildman–Crippen MR) is 139 cm³/mol. The van der Waals surface area contributed by atoms with Gasteiger partial charge < -0.3 is 19.9 Å². The fourth-order valence-electron chi connectivity index (χ4n) is 5.82. The normalized spacial score (nSPS) is 16.2. The van der Waals surface area contributed by atoms with Gasteiger partial charge in [0.25, 0.3) is 0 Å². The van der Waals surface area contributed by atoms with Gasteiger partial charge in [-0.25, -0.2) is 4.79 Å². The van der Waals surface area contributed by atoms with Crippen LogP contribution in [-0.4, -0.2) is 45.6 Å². The minimum absolute atomic E-state index is 0.202. The first-order valence-electron chi connectivity index (χ1n) is 12.7. The summed E-state index contributed by atoms with van der Waals surface area (Å²) in [5.41, 5.74) is 1.61. The number of aliphatic hydroxyl groups excluding tert-OH is 1.